The highest BCUT2D eigenvalue weighted by atomic mass is 35.5. The Morgan fingerprint density at radius 3 is 3.00 bits per heavy atom. The molecule has 0 amide bonds. The summed E-state index contributed by atoms with van der Waals surface area (Å²) in [7, 11) is 1.54. The Kier molecular flexibility index (Phi) is 6.81. The van der Waals surface area contributed by atoms with E-state index in [1.165, 1.54) is 7.11 Å². The Morgan fingerprint density at radius 2 is 2.25 bits per heavy atom. The topological polar surface area (TPSA) is 82.0 Å². The summed E-state index contributed by atoms with van der Waals surface area (Å²) in [5.41, 5.74) is 0.713. The molecule has 3 N–H and O–H groups in total. The number of phenolic OH excluding ortho intramolecular Hbond substituents is 1. The van der Waals surface area contributed by atoms with Crippen LogP contribution in [0.1, 0.15) is 18.9 Å². The number of aliphatic imine (C=N–C) groups is 1. The van der Waals surface area contributed by atoms with Crippen molar-refractivity contribution in [3.05, 3.63) is 47.1 Å². The van der Waals surface area contributed by atoms with E-state index >= 15 is 0 Å². The highest BCUT2D eigenvalue weighted by molar-refractivity contribution is 6.32. The van der Waals surface area contributed by atoms with Crippen molar-refractivity contribution in [2.75, 3.05) is 31.6 Å². The molecule has 1 aromatic heterocycles. The van der Waals surface area contributed by atoms with Gasteiger partial charge in [-0.15, -0.1) is 0 Å². The molecule has 2 aromatic rings. The second kappa shape index (κ2) is 9.50. The summed E-state index contributed by atoms with van der Waals surface area (Å²) in [5, 5.41) is 17.6. The monoisotopic (exact) mass is 403 g/mol. The highest BCUT2D eigenvalue weighted by Crippen LogP contribution is 2.30. The van der Waals surface area contributed by atoms with Crippen LogP contribution in [0.4, 0.5) is 5.82 Å². The van der Waals surface area contributed by atoms with Gasteiger partial charge in [-0.25, -0.2) is 9.98 Å². The van der Waals surface area contributed by atoms with Crippen molar-refractivity contribution in [2.24, 2.45) is 4.99 Å². The van der Waals surface area contributed by atoms with Gasteiger partial charge in [0.1, 0.15) is 5.82 Å². The zero-order valence-corrected chi connectivity index (χ0v) is 16.9. The van der Waals surface area contributed by atoms with Gasteiger partial charge < -0.3 is 25.4 Å². The van der Waals surface area contributed by atoms with Crippen molar-refractivity contribution < 1.29 is 9.84 Å². The number of guanidine groups is 1. The third-order valence-electron chi connectivity index (χ3n) is 4.62. The molecule has 1 aliphatic heterocycles. The zero-order chi connectivity index (χ0) is 19.9. The summed E-state index contributed by atoms with van der Waals surface area (Å²) < 4.78 is 5.16. The number of nitrogens with one attached hydrogen (secondary N) is 2. The average Bonchev–Trinajstić information content (AvgIpc) is 3.16. The minimum Gasteiger partial charge on any atom is -0.504 e. The first-order valence-corrected chi connectivity index (χ1v) is 9.75. The highest BCUT2D eigenvalue weighted by Gasteiger charge is 2.25. The molecule has 28 heavy (non-hydrogen) atoms. The van der Waals surface area contributed by atoms with E-state index in [1.807, 2.05) is 31.2 Å². The number of nitrogens with zero attached hydrogens (tertiary/aromatic N) is 3. The quantitative estimate of drug-likeness (QED) is 0.508. The molecule has 8 heteroatoms. The molecule has 0 bridgehead atoms. The molecule has 1 atom stereocenters. The smallest absolute Gasteiger partial charge is 0.191 e. The third-order valence-corrected chi connectivity index (χ3v) is 4.92. The van der Waals surface area contributed by atoms with Gasteiger partial charge in [0.05, 0.1) is 18.7 Å². The van der Waals surface area contributed by atoms with Gasteiger partial charge in [-0.3, -0.25) is 0 Å². The molecule has 1 aromatic carbocycles. The van der Waals surface area contributed by atoms with Gasteiger partial charge in [-0.1, -0.05) is 23.7 Å². The van der Waals surface area contributed by atoms with E-state index in [0.29, 0.717) is 28.8 Å². The van der Waals surface area contributed by atoms with Crippen LogP contribution >= 0.6 is 11.6 Å². The summed E-state index contributed by atoms with van der Waals surface area (Å²) in [6.07, 6.45) is 2.72. The largest absolute Gasteiger partial charge is 0.504 e. The number of aromatic hydroxyl groups is 1. The predicted octanol–water partition coefficient (Wildman–Crippen LogP) is 2.78. The molecule has 1 fully saturated rings. The lowest BCUT2D eigenvalue weighted by Gasteiger charge is -2.20. The summed E-state index contributed by atoms with van der Waals surface area (Å²) in [6, 6.07) is 9.33. The number of hydrogen-bond acceptors (Lipinski definition) is 5. The number of halogens is 1. The summed E-state index contributed by atoms with van der Waals surface area (Å²) >= 11 is 6.27. The molecule has 1 saturated heterocycles. The van der Waals surface area contributed by atoms with Crippen LogP contribution < -0.4 is 20.3 Å². The maximum Gasteiger partial charge on any atom is 0.191 e. The van der Waals surface area contributed by atoms with E-state index < -0.39 is 0 Å². The van der Waals surface area contributed by atoms with Crippen LogP contribution in [0.15, 0.2) is 41.5 Å². The van der Waals surface area contributed by atoms with Crippen LogP contribution in [0.5, 0.6) is 11.5 Å². The van der Waals surface area contributed by atoms with Crippen LogP contribution in [0.3, 0.4) is 0 Å². The predicted molar refractivity (Wildman–Crippen MR) is 112 cm³/mol. The SMILES string of the molecule is CCNC(=NCc1cccc(OC)c1O)NC1CCN(c2ncccc2Cl)C1. The molecule has 7 nitrogen and oxygen atoms in total. The van der Waals surface area contributed by atoms with Gasteiger partial charge in [0.15, 0.2) is 17.5 Å². The van der Waals surface area contributed by atoms with Crippen molar-refractivity contribution >= 4 is 23.4 Å². The van der Waals surface area contributed by atoms with Crippen LogP contribution in [0.25, 0.3) is 0 Å². The summed E-state index contributed by atoms with van der Waals surface area (Å²) in [6.45, 7) is 4.80. The molecule has 1 unspecified atom stereocenters. The number of methoxy groups -OCH3 is 1. The standard InChI is InChI=1S/C20H26ClN5O2/c1-3-22-20(24-12-14-6-4-8-17(28-2)18(14)27)25-15-9-11-26(13-15)19-16(21)7-5-10-23-19/h4-8,10,15,27H,3,9,11-13H2,1-2H3,(H2,22,24,25). The molecule has 1 aliphatic rings. The Morgan fingerprint density at radius 1 is 1.39 bits per heavy atom. The Labute approximate surface area is 170 Å². The Balaban J connectivity index is 1.65. The van der Waals surface area contributed by atoms with E-state index in [1.54, 1.807) is 12.3 Å². The Bertz CT molecular complexity index is 830. The van der Waals surface area contributed by atoms with E-state index in [4.69, 9.17) is 16.3 Å². The fourth-order valence-corrected chi connectivity index (χ4v) is 3.46. The van der Waals surface area contributed by atoms with Gasteiger partial charge in [-0.2, -0.15) is 0 Å². The van der Waals surface area contributed by atoms with Gasteiger partial charge >= 0.3 is 0 Å². The second-order valence-electron chi connectivity index (χ2n) is 6.55. The molecule has 0 radical (unpaired) electrons. The van der Waals surface area contributed by atoms with Crippen LogP contribution in [-0.2, 0) is 6.54 Å². The number of benzene rings is 1. The molecular formula is C20H26ClN5O2. The first kappa shape index (κ1) is 20.1. The van der Waals surface area contributed by atoms with Crippen LogP contribution in [0.2, 0.25) is 5.02 Å². The number of ether oxygens (including phenoxy) is 1. The van der Waals surface area contributed by atoms with Crippen molar-refractivity contribution in [3.8, 4) is 11.5 Å². The number of hydrogen-bond donors (Lipinski definition) is 3. The van der Waals surface area contributed by atoms with Gasteiger partial charge in [-0.05, 0) is 31.5 Å². The number of anilines is 1. The van der Waals surface area contributed by atoms with E-state index in [0.717, 1.165) is 31.9 Å². The number of para-hydroxylation sites is 1. The first-order valence-electron chi connectivity index (χ1n) is 9.37. The number of rotatable bonds is 6. The van der Waals surface area contributed by atoms with Crippen LogP contribution in [-0.4, -0.2) is 48.8 Å². The minimum atomic E-state index is 0.126. The summed E-state index contributed by atoms with van der Waals surface area (Å²) in [4.78, 5) is 11.2. The zero-order valence-electron chi connectivity index (χ0n) is 16.2. The number of aromatic nitrogens is 1. The lowest BCUT2D eigenvalue weighted by molar-refractivity contribution is 0.370. The first-order chi connectivity index (χ1) is 13.6. The summed E-state index contributed by atoms with van der Waals surface area (Å²) in [5.74, 6) is 2.10. The van der Waals surface area contributed by atoms with Crippen molar-refractivity contribution in [2.45, 2.75) is 25.9 Å². The maximum absolute atomic E-state index is 10.2. The maximum atomic E-state index is 10.2. The molecule has 150 valence electrons. The fraction of sp³-hybridized carbons (Fsp3) is 0.400. The van der Waals surface area contributed by atoms with E-state index in [2.05, 4.69) is 25.5 Å². The molecule has 2 heterocycles. The fourth-order valence-electron chi connectivity index (χ4n) is 3.22. The molecule has 0 aliphatic carbocycles. The molecule has 0 saturated carbocycles. The third kappa shape index (κ3) is 4.78. The van der Waals surface area contributed by atoms with Crippen molar-refractivity contribution in [1.29, 1.82) is 0 Å². The van der Waals surface area contributed by atoms with Gasteiger partial charge in [0, 0.05) is 37.4 Å². The second-order valence-corrected chi connectivity index (χ2v) is 6.96. The van der Waals surface area contributed by atoms with E-state index in [9.17, 15) is 5.11 Å². The average molecular weight is 404 g/mol. The van der Waals surface area contributed by atoms with Gasteiger partial charge in [0.25, 0.3) is 0 Å². The lowest BCUT2D eigenvalue weighted by atomic mass is 10.2. The minimum absolute atomic E-state index is 0.126. The number of phenols is 1. The molecular weight excluding hydrogens is 378 g/mol. The number of pyridine rings is 1. The van der Waals surface area contributed by atoms with Gasteiger partial charge in [0.2, 0.25) is 0 Å². The molecule has 0 spiro atoms. The van der Waals surface area contributed by atoms with Crippen molar-refractivity contribution in [1.82, 2.24) is 15.6 Å². The van der Waals surface area contributed by atoms with Crippen molar-refractivity contribution in [3.63, 3.8) is 0 Å². The van der Waals surface area contributed by atoms with Crippen LogP contribution in [0, 0.1) is 0 Å². The normalized spacial score (nSPS) is 16.9. The Hall–Kier alpha value is -2.67. The lowest BCUT2D eigenvalue weighted by Crippen LogP contribution is -2.44. The molecule has 3 rings (SSSR count). The van der Waals surface area contributed by atoms with E-state index in [-0.39, 0.29) is 11.8 Å².